The fourth-order valence-corrected chi connectivity index (χ4v) is 3.54. The molecule has 0 aromatic carbocycles. The van der Waals surface area contributed by atoms with Crippen molar-refractivity contribution in [3.05, 3.63) is 16.6 Å². The van der Waals surface area contributed by atoms with Crippen molar-refractivity contribution in [1.29, 1.82) is 0 Å². The lowest BCUT2D eigenvalue weighted by Crippen LogP contribution is -2.51. The highest BCUT2D eigenvalue weighted by Crippen LogP contribution is 2.28. The van der Waals surface area contributed by atoms with Crippen molar-refractivity contribution in [2.24, 2.45) is 0 Å². The first-order valence-corrected chi connectivity index (χ1v) is 7.97. The quantitative estimate of drug-likeness (QED) is 0.909. The Hall–Kier alpha value is -0.450. The number of nitrogens with zero attached hydrogens (tertiary/aromatic N) is 2. The lowest BCUT2D eigenvalue weighted by molar-refractivity contribution is 0.157. The second kappa shape index (κ2) is 6.13. The minimum Gasteiger partial charge on any atom is -0.310 e. The topological polar surface area (TPSA) is 28.2 Å². The molecule has 102 valence electrons. The molecule has 1 aliphatic heterocycles. The lowest BCUT2D eigenvalue weighted by atomic mass is 9.92. The third-order valence-electron chi connectivity index (χ3n) is 4.34. The molecule has 0 bridgehead atoms. The molecule has 0 saturated carbocycles. The van der Waals surface area contributed by atoms with Crippen LogP contribution in [-0.4, -0.2) is 35.1 Å². The van der Waals surface area contributed by atoms with Gasteiger partial charge in [-0.2, -0.15) is 0 Å². The summed E-state index contributed by atoms with van der Waals surface area (Å²) in [5, 5.41) is 7.09. The van der Waals surface area contributed by atoms with Gasteiger partial charge in [0.1, 0.15) is 5.01 Å². The molecule has 1 aliphatic rings. The minimum atomic E-state index is 0.294. The van der Waals surface area contributed by atoms with Gasteiger partial charge in [-0.3, -0.25) is 4.90 Å². The van der Waals surface area contributed by atoms with Crippen LogP contribution in [-0.2, 0) is 0 Å². The Balaban J connectivity index is 2.12. The highest BCUT2D eigenvalue weighted by Gasteiger charge is 2.32. The third-order valence-corrected chi connectivity index (χ3v) is 5.28. The van der Waals surface area contributed by atoms with E-state index in [-0.39, 0.29) is 0 Å². The predicted molar refractivity (Wildman–Crippen MR) is 78.0 cm³/mol. The zero-order valence-electron chi connectivity index (χ0n) is 11.8. The van der Waals surface area contributed by atoms with E-state index in [2.05, 4.69) is 41.4 Å². The first kappa shape index (κ1) is 14.0. The molecular weight excluding hydrogens is 242 g/mol. The van der Waals surface area contributed by atoms with Gasteiger partial charge in [0.05, 0.1) is 6.04 Å². The van der Waals surface area contributed by atoms with Crippen molar-refractivity contribution >= 4 is 11.3 Å². The van der Waals surface area contributed by atoms with Gasteiger partial charge < -0.3 is 5.32 Å². The van der Waals surface area contributed by atoms with Crippen LogP contribution in [0.25, 0.3) is 0 Å². The fourth-order valence-electron chi connectivity index (χ4n) is 2.81. The average Bonchev–Trinajstić information content (AvgIpc) is 2.85. The highest BCUT2D eigenvalue weighted by atomic mass is 32.1. The van der Waals surface area contributed by atoms with E-state index < -0.39 is 0 Å². The van der Waals surface area contributed by atoms with Crippen LogP contribution in [0.1, 0.15) is 51.1 Å². The number of hydrogen-bond donors (Lipinski definition) is 1. The van der Waals surface area contributed by atoms with Crippen molar-refractivity contribution in [2.75, 3.05) is 19.6 Å². The molecular formula is C14H25N3S. The number of thiazole rings is 1. The van der Waals surface area contributed by atoms with Gasteiger partial charge in [-0.05, 0) is 32.7 Å². The summed E-state index contributed by atoms with van der Waals surface area (Å²) in [7, 11) is 0. The van der Waals surface area contributed by atoms with Crippen molar-refractivity contribution in [2.45, 2.75) is 51.6 Å². The van der Waals surface area contributed by atoms with E-state index in [0.717, 1.165) is 13.1 Å². The van der Waals surface area contributed by atoms with Crippen molar-refractivity contribution < 1.29 is 0 Å². The lowest BCUT2D eigenvalue weighted by Gasteiger charge is -2.37. The fraction of sp³-hybridized carbons (Fsp3) is 0.786. The second-order valence-electron chi connectivity index (χ2n) is 5.28. The summed E-state index contributed by atoms with van der Waals surface area (Å²) in [6.07, 6.45) is 5.55. The van der Waals surface area contributed by atoms with Crippen LogP contribution in [0.3, 0.4) is 0 Å². The Bertz CT molecular complexity index is 346. The van der Waals surface area contributed by atoms with Crippen LogP contribution in [0.15, 0.2) is 11.6 Å². The zero-order chi connectivity index (χ0) is 13.0. The third kappa shape index (κ3) is 2.92. The van der Waals surface area contributed by atoms with Gasteiger partial charge in [0.15, 0.2) is 0 Å². The molecule has 2 rings (SSSR count). The van der Waals surface area contributed by atoms with Crippen LogP contribution >= 0.6 is 11.3 Å². The smallest absolute Gasteiger partial charge is 0.109 e. The monoisotopic (exact) mass is 267 g/mol. The molecule has 1 N–H and O–H groups in total. The molecule has 1 aromatic heterocycles. The Labute approximate surface area is 115 Å². The second-order valence-corrected chi connectivity index (χ2v) is 6.21. The number of nitrogens with one attached hydrogen (secondary N) is 1. The van der Waals surface area contributed by atoms with Gasteiger partial charge in [-0.1, -0.05) is 13.8 Å². The molecule has 0 spiro atoms. The standard InChI is InChI=1S/C14H25N3S/c1-4-14(5-2)11-17(9-6-7-16-14)12(3)13-15-8-10-18-13/h8,10,12,16H,4-7,9,11H2,1-3H3. The zero-order valence-corrected chi connectivity index (χ0v) is 12.6. The van der Waals surface area contributed by atoms with Gasteiger partial charge >= 0.3 is 0 Å². The summed E-state index contributed by atoms with van der Waals surface area (Å²) in [5.41, 5.74) is 0.294. The summed E-state index contributed by atoms with van der Waals surface area (Å²) in [6.45, 7) is 10.3. The maximum Gasteiger partial charge on any atom is 0.109 e. The van der Waals surface area contributed by atoms with Crippen LogP contribution in [0, 0.1) is 0 Å². The van der Waals surface area contributed by atoms with E-state index in [1.54, 1.807) is 11.3 Å². The van der Waals surface area contributed by atoms with E-state index in [1.807, 2.05) is 6.20 Å². The normalized spacial score (nSPS) is 22.6. The first-order valence-electron chi connectivity index (χ1n) is 7.09. The Morgan fingerprint density at radius 1 is 1.50 bits per heavy atom. The maximum atomic E-state index is 4.48. The Morgan fingerprint density at radius 3 is 2.89 bits per heavy atom. The van der Waals surface area contributed by atoms with E-state index in [4.69, 9.17) is 0 Å². The Kier molecular flexibility index (Phi) is 4.76. The number of aromatic nitrogens is 1. The number of hydrogen-bond acceptors (Lipinski definition) is 4. The summed E-state index contributed by atoms with van der Waals surface area (Å²) < 4.78 is 0. The van der Waals surface area contributed by atoms with Crippen molar-refractivity contribution in [3.8, 4) is 0 Å². The largest absolute Gasteiger partial charge is 0.310 e. The molecule has 1 unspecified atom stereocenters. The average molecular weight is 267 g/mol. The van der Waals surface area contributed by atoms with Crippen LogP contribution in [0.4, 0.5) is 0 Å². The molecule has 1 saturated heterocycles. The Morgan fingerprint density at radius 2 is 2.28 bits per heavy atom. The van der Waals surface area contributed by atoms with Gasteiger partial charge in [-0.25, -0.2) is 4.98 Å². The molecule has 1 aromatic rings. The highest BCUT2D eigenvalue weighted by molar-refractivity contribution is 7.09. The van der Waals surface area contributed by atoms with Crippen LogP contribution in [0.2, 0.25) is 0 Å². The van der Waals surface area contributed by atoms with E-state index >= 15 is 0 Å². The summed E-state index contributed by atoms with van der Waals surface area (Å²) in [6, 6.07) is 0.447. The molecule has 3 nitrogen and oxygen atoms in total. The SMILES string of the molecule is CCC1(CC)CN(C(C)c2nccs2)CCCN1. The molecule has 1 atom stereocenters. The number of rotatable bonds is 4. The van der Waals surface area contributed by atoms with Crippen molar-refractivity contribution in [3.63, 3.8) is 0 Å². The predicted octanol–water partition coefficient (Wildman–Crippen LogP) is 3.06. The van der Waals surface area contributed by atoms with E-state index in [9.17, 15) is 0 Å². The molecule has 0 amide bonds. The van der Waals surface area contributed by atoms with E-state index in [0.29, 0.717) is 11.6 Å². The minimum absolute atomic E-state index is 0.294. The molecule has 0 radical (unpaired) electrons. The molecule has 0 aliphatic carbocycles. The molecule has 1 fully saturated rings. The molecule has 4 heteroatoms. The van der Waals surface area contributed by atoms with Crippen molar-refractivity contribution in [1.82, 2.24) is 15.2 Å². The van der Waals surface area contributed by atoms with Crippen LogP contribution in [0.5, 0.6) is 0 Å². The van der Waals surface area contributed by atoms with Gasteiger partial charge in [-0.15, -0.1) is 11.3 Å². The summed E-state index contributed by atoms with van der Waals surface area (Å²) in [4.78, 5) is 7.08. The summed E-state index contributed by atoms with van der Waals surface area (Å²) >= 11 is 1.77. The summed E-state index contributed by atoms with van der Waals surface area (Å²) in [5.74, 6) is 0. The van der Waals surface area contributed by atoms with Gasteiger partial charge in [0.2, 0.25) is 0 Å². The van der Waals surface area contributed by atoms with Crippen LogP contribution < -0.4 is 5.32 Å². The molecule has 2 heterocycles. The van der Waals surface area contributed by atoms with E-state index in [1.165, 1.54) is 30.8 Å². The maximum absolute atomic E-state index is 4.48. The first-order chi connectivity index (χ1) is 8.71. The van der Waals surface area contributed by atoms with Gasteiger partial charge in [0, 0.05) is 30.2 Å². The van der Waals surface area contributed by atoms with Gasteiger partial charge in [0.25, 0.3) is 0 Å². The molecule has 18 heavy (non-hydrogen) atoms.